The van der Waals surface area contributed by atoms with Gasteiger partial charge >= 0.3 is 6.18 Å². The Labute approximate surface area is 102 Å². The molecule has 0 radical (unpaired) electrons. The predicted octanol–water partition coefficient (Wildman–Crippen LogP) is 3.49. The van der Waals surface area contributed by atoms with Crippen molar-refractivity contribution in [2.24, 2.45) is 0 Å². The summed E-state index contributed by atoms with van der Waals surface area (Å²) in [4.78, 5) is 0. The molecule has 0 fully saturated rings. The van der Waals surface area contributed by atoms with Crippen LogP contribution in [0.4, 0.5) is 22.0 Å². The molecule has 1 nitrogen and oxygen atoms in total. The molecule has 0 aliphatic heterocycles. The van der Waals surface area contributed by atoms with E-state index in [1.807, 2.05) is 0 Å². The van der Waals surface area contributed by atoms with Crippen LogP contribution in [0.25, 0.3) is 0 Å². The van der Waals surface area contributed by atoms with Gasteiger partial charge < -0.3 is 5.32 Å². The van der Waals surface area contributed by atoms with Crippen LogP contribution in [0.5, 0.6) is 0 Å². The molecule has 1 atom stereocenters. The molecule has 0 aliphatic rings. The lowest BCUT2D eigenvalue weighted by molar-refractivity contribution is -0.137. The second-order valence-electron chi connectivity index (χ2n) is 4.10. The van der Waals surface area contributed by atoms with E-state index in [1.54, 1.807) is 13.0 Å². The molecule has 102 valence electrons. The van der Waals surface area contributed by atoms with E-state index in [2.05, 4.69) is 5.32 Å². The van der Waals surface area contributed by atoms with Gasteiger partial charge in [0.1, 0.15) is 0 Å². The minimum atomic E-state index is -4.38. The largest absolute Gasteiger partial charge is 0.416 e. The van der Waals surface area contributed by atoms with Gasteiger partial charge in [-0.15, -0.1) is 0 Å². The summed E-state index contributed by atoms with van der Waals surface area (Å²) in [5.74, 6) is 0. The van der Waals surface area contributed by atoms with Gasteiger partial charge in [-0.25, -0.2) is 8.78 Å². The summed E-state index contributed by atoms with van der Waals surface area (Å²) < 4.78 is 61.2. The first-order valence-corrected chi connectivity index (χ1v) is 5.46. The molecule has 0 amide bonds. The Morgan fingerprint density at radius 1 is 1.22 bits per heavy atom. The minimum absolute atomic E-state index is 0.274. The van der Waals surface area contributed by atoms with Crippen molar-refractivity contribution in [3.8, 4) is 0 Å². The monoisotopic (exact) mass is 267 g/mol. The highest BCUT2D eigenvalue weighted by Crippen LogP contribution is 2.29. The lowest BCUT2D eigenvalue weighted by Gasteiger charge is -2.14. The quantitative estimate of drug-likeness (QED) is 0.805. The van der Waals surface area contributed by atoms with Gasteiger partial charge in [0, 0.05) is 6.04 Å². The average Bonchev–Trinajstić information content (AvgIpc) is 2.25. The summed E-state index contributed by atoms with van der Waals surface area (Å²) in [5, 5.41) is 2.56. The normalized spacial score (nSPS) is 13.9. The number of benzene rings is 1. The van der Waals surface area contributed by atoms with Crippen molar-refractivity contribution in [3.63, 3.8) is 0 Å². The van der Waals surface area contributed by atoms with E-state index >= 15 is 0 Å². The molecule has 1 rings (SSSR count). The Kier molecular flexibility index (Phi) is 5.07. The first kappa shape index (κ1) is 14.9. The van der Waals surface area contributed by atoms with Gasteiger partial charge in [-0.3, -0.25) is 0 Å². The van der Waals surface area contributed by atoms with E-state index in [1.165, 1.54) is 6.07 Å². The molecule has 1 aromatic rings. The smallest absolute Gasteiger partial charge is 0.309 e. The Hall–Kier alpha value is -1.17. The van der Waals surface area contributed by atoms with E-state index in [0.29, 0.717) is 5.56 Å². The highest BCUT2D eigenvalue weighted by Gasteiger charge is 2.30. The first-order valence-electron chi connectivity index (χ1n) is 5.46. The zero-order chi connectivity index (χ0) is 13.8. The third-order valence-corrected chi connectivity index (χ3v) is 2.42. The van der Waals surface area contributed by atoms with Gasteiger partial charge in [-0.05, 0) is 25.0 Å². The summed E-state index contributed by atoms with van der Waals surface area (Å²) in [7, 11) is 0. The molecule has 0 spiro atoms. The third-order valence-electron chi connectivity index (χ3n) is 2.42. The Morgan fingerprint density at radius 2 is 1.89 bits per heavy atom. The zero-order valence-corrected chi connectivity index (χ0v) is 9.77. The molecule has 1 N–H and O–H groups in total. The van der Waals surface area contributed by atoms with Crippen LogP contribution in [-0.2, 0) is 12.6 Å². The predicted molar refractivity (Wildman–Crippen MR) is 58.6 cm³/mol. The molecule has 0 saturated heterocycles. The molecule has 18 heavy (non-hydrogen) atoms. The van der Waals surface area contributed by atoms with Crippen molar-refractivity contribution in [2.75, 3.05) is 6.54 Å². The molecule has 1 unspecified atom stereocenters. The summed E-state index contributed by atoms with van der Waals surface area (Å²) in [6.45, 7) is 1.20. The second-order valence-corrected chi connectivity index (χ2v) is 4.10. The summed E-state index contributed by atoms with van der Waals surface area (Å²) in [5.41, 5.74) is -0.250. The second kappa shape index (κ2) is 6.13. The van der Waals surface area contributed by atoms with Crippen LogP contribution in [0.15, 0.2) is 24.3 Å². The molecule has 0 heterocycles. The maximum absolute atomic E-state index is 12.4. The Balaban J connectivity index is 2.62. The molecule has 0 aromatic heterocycles. The minimum Gasteiger partial charge on any atom is -0.309 e. The summed E-state index contributed by atoms with van der Waals surface area (Å²) in [6, 6.07) is 4.59. The van der Waals surface area contributed by atoms with Crippen LogP contribution in [0.2, 0.25) is 0 Å². The Bertz CT molecular complexity index is 375. The SMILES string of the molecule is CC(Cc1cccc(C(F)(F)F)c1)NCC(F)F. The van der Waals surface area contributed by atoms with Gasteiger partial charge in [0.05, 0.1) is 12.1 Å². The van der Waals surface area contributed by atoms with Crippen molar-refractivity contribution >= 4 is 0 Å². The first-order chi connectivity index (χ1) is 8.29. The van der Waals surface area contributed by atoms with Crippen LogP contribution in [0.1, 0.15) is 18.1 Å². The highest BCUT2D eigenvalue weighted by molar-refractivity contribution is 5.26. The van der Waals surface area contributed by atoms with Crippen LogP contribution in [0, 0.1) is 0 Å². The number of alkyl halides is 5. The van der Waals surface area contributed by atoms with Crippen molar-refractivity contribution in [1.82, 2.24) is 5.32 Å². The van der Waals surface area contributed by atoms with E-state index in [0.717, 1.165) is 12.1 Å². The van der Waals surface area contributed by atoms with E-state index < -0.39 is 24.7 Å². The van der Waals surface area contributed by atoms with Crippen LogP contribution in [-0.4, -0.2) is 19.0 Å². The molecule has 0 aliphatic carbocycles. The van der Waals surface area contributed by atoms with Gasteiger partial charge in [0.2, 0.25) is 0 Å². The third kappa shape index (κ3) is 5.00. The number of hydrogen-bond donors (Lipinski definition) is 1. The number of halogens is 5. The fraction of sp³-hybridized carbons (Fsp3) is 0.500. The molecule has 0 bridgehead atoms. The van der Waals surface area contributed by atoms with Gasteiger partial charge in [0.25, 0.3) is 6.43 Å². The number of hydrogen-bond acceptors (Lipinski definition) is 1. The topological polar surface area (TPSA) is 12.0 Å². The van der Waals surface area contributed by atoms with Crippen molar-refractivity contribution in [3.05, 3.63) is 35.4 Å². The van der Waals surface area contributed by atoms with E-state index in [-0.39, 0.29) is 12.5 Å². The molecular formula is C12H14F5N. The van der Waals surface area contributed by atoms with Crippen molar-refractivity contribution in [2.45, 2.75) is 32.0 Å². The standard InChI is InChI=1S/C12H14F5N/c1-8(18-7-11(13)14)5-9-3-2-4-10(6-9)12(15,16)17/h2-4,6,8,11,18H,5,7H2,1H3. The fourth-order valence-electron chi connectivity index (χ4n) is 1.59. The molecule has 0 saturated carbocycles. The molecule has 1 aromatic carbocycles. The average molecular weight is 267 g/mol. The summed E-state index contributed by atoms with van der Waals surface area (Å²) in [6.07, 6.45) is -6.57. The van der Waals surface area contributed by atoms with Crippen LogP contribution < -0.4 is 5.32 Å². The highest BCUT2D eigenvalue weighted by atomic mass is 19.4. The molecular weight excluding hydrogens is 253 g/mol. The maximum atomic E-state index is 12.4. The van der Waals surface area contributed by atoms with Gasteiger partial charge in [-0.1, -0.05) is 18.2 Å². The van der Waals surface area contributed by atoms with Gasteiger partial charge in [0.15, 0.2) is 0 Å². The fourth-order valence-corrected chi connectivity index (χ4v) is 1.59. The van der Waals surface area contributed by atoms with Crippen molar-refractivity contribution < 1.29 is 22.0 Å². The molecule has 6 heteroatoms. The van der Waals surface area contributed by atoms with Crippen LogP contribution in [0.3, 0.4) is 0 Å². The van der Waals surface area contributed by atoms with Gasteiger partial charge in [-0.2, -0.15) is 13.2 Å². The van der Waals surface area contributed by atoms with E-state index in [9.17, 15) is 22.0 Å². The number of rotatable bonds is 5. The summed E-state index contributed by atoms with van der Waals surface area (Å²) >= 11 is 0. The maximum Gasteiger partial charge on any atom is 0.416 e. The van der Waals surface area contributed by atoms with Crippen LogP contribution >= 0.6 is 0 Å². The zero-order valence-electron chi connectivity index (χ0n) is 9.77. The van der Waals surface area contributed by atoms with E-state index in [4.69, 9.17) is 0 Å². The van der Waals surface area contributed by atoms with Crippen molar-refractivity contribution in [1.29, 1.82) is 0 Å². The lowest BCUT2D eigenvalue weighted by Crippen LogP contribution is -2.32. The Morgan fingerprint density at radius 3 is 2.44 bits per heavy atom. The lowest BCUT2D eigenvalue weighted by atomic mass is 10.0. The number of nitrogens with one attached hydrogen (secondary N) is 1.